The number of carbonyl (C=O) groups excluding carboxylic acids is 3. The van der Waals surface area contributed by atoms with E-state index >= 15 is 0 Å². The molecule has 1 unspecified atom stereocenters. The Morgan fingerprint density at radius 1 is 1.30 bits per heavy atom. The van der Waals surface area contributed by atoms with E-state index in [2.05, 4.69) is 4.74 Å². The van der Waals surface area contributed by atoms with Gasteiger partial charge in [0, 0.05) is 18.3 Å². The van der Waals surface area contributed by atoms with Crippen LogP contribution in [-0.2, 0) is 19.7 Å². The van der Waals surface area contributed by atoms with E-state index in [-0.39, 0.29) is 12.0 Å². The highest BCUT2D eigenvalue weighted by atomic mass is 19.4. The molecule has 0 bridgehead atoms. The van der Waals surface area contributed by atoms with Gasteiger partial charge in [-0.25, -0.2) is 0 Å². The molecule has 0 radical (unpaired) electrons. The highest BCUT2D eigenvalue weighted by Crippen LogP contribution is 2.44. The van der Waals surface area contributed by atoms with Crippen LogP contribution in [0, 0.1) is 0 Å². The molecule has 5 nitrogen and oxygen atoms in total. The van der Waals surface area contributed by atoms with Crippen LogP contribution in [0.2, 0.25) is 0 Å². The van der Waals surface area contributed by atoms with E-state index in [4.69, 9.17) is 0 Å². The van der Waals surface area contributed by atoms with E-state index in [1.54, 1.807) is 0 Å². The maximum absolute atomic E-state index is 12.6. The van der Waals surface area contributed by atoms with Gasteiger partial charge in [-0.15, -0.1) is 0 Å². The molecule has 0 N–H and O–H groups in total. The summed E-state index contributed by atoms with van der Waals surface area (Å²) in [6.07, 6.45) is -5.34. The zero-order valence-corrected chi connectivity index (χ0v) is 12.7. The van der Waals surface area contributed by atoms with Crippen LogP contribution < -0.4 is 4.90 Å². The molecule has 0 aromatic heterocycles. The molecule has 1 heterocycles. The standard InChI is InChI=1S/C15H14F3NO4/c1-14(7-11(20)23-3)9-6-8(12(21)15(16,17)18)4-5-10(9)19(2)13(14)22/h4-6H,7H2,1-3H3. The smallest absolute Gasteiger partial charge is 0.454 e. The molecule has 2 rings (SSSR count). The number of amides is 1. The predicted molar refractivity (Wildman–Crippen MR) is 74.2 cm³/mol. The first kappa shape index (κ1) is 17.0. The minimum Gasteiger partial charge on any atom is -0.469 e. The van der Waals surface area contributed by atoms with Gasteiger partial charge >= 0.3 is 12.1 Å². The van der Waals surface area contributed by atoms with Crippen molar-refractivity contribution in [1.82, 2.24) is 0 Å². The second-order valence-electron chi connectivity index (χ2n) is 5.51. The molecule has 1 aromatic carbocycles. The fourth-order valence-electron chi connectivity index (χ4n) is 2.70. The van der Waals surface area contributed by atoms with Crippen LogP contribution >= 0.6 is 0 Å². The fraction of sp³-hybridized carbons (Fsp3) is 0.400. The summed E-state index contributed by atoms with van der Waals surface area (Å²) in [6.45, 7) is 1.44. The monoisotopic (exact) mass is 329 g/mol. The topological polar surface area (TPSA) is 63.7 Å². The Hall–Kier alpha value is -2.38. The van der Waals surface area contributed by atoms with Gasteiger partial charge < -0.3 is 9.64 Å². The zero-order chi connectivity index (χ0) is 17.6. The summed E-state index contributed by atoms with van der Waals surface area (Å²) < 4.78 is 42.3. The van der Waals surface area contributed by atoms with Crippen LogP contribution in [0.15, 0.2) is 18.2 Å². The molecule has 1 atom stereocenters. The average Bonchev–Trinajstić information content (AvgIpc) is 2.67. The summed E-state index contributed by atoms with van der Waals surface area (Å²) in [6, 6.07) is 3.31. The number of hydrogen-bond donors (Lipinski definition) is 0. The number of ether oxygens (including phenoxy) is 1. The molecular formula is C15H14F3NO4. The Bertz CT molecular complexity index is 698. The minimum absolute atomic E-state index is 0.200. The summed E-state index contributed by atoms with van der Waals surface area (Å²) in [5.41, 5.74) is -1.39. The number of alkyl halides is 3. The maximum Gasteiger partial charge on any atom is 0.454 e. The quantitative estimate of drug-likeness (QED) is 0.630. The van der Waals surface area contributed by atoms with Crippen molar-refractivity contribution in [2.75, 3.05) is 19.1 Å². The van der Waals surface area contributed by atoms with Crippen molar-refractivity contribution in [2.24, 2.45) is 0 Å². The van der Waals surface area contributed by atoms with Gasteiger partial charge in [0.25, 0.3) is 5.78 Å². The summed E-state index contributed by atoms with van der Waals surface area (Å²) in [4.78, 5) is 36.7. The van der Waals surface area contributed by atoms with Gasteiger partial charge in [-0.3, -0.25) is 14.4 Å². The molecule has 23 heavy (non-hydrogen) atoms. The lowest BCUT2D eigenvalue weighted by Gasteiger charge is -2.22. The molecular weight excluding hydrogens is 315 g/mol. The average molecular weight is 329 g/mol. The van der Waals surface area contributed by atoms with Crippen LogP contribution in [0.4, 0.5) is 18.9 Å². The van der Waals surface area contributed by atoms with E-state index in [0.717, 1.165) is 19.2 Å². The van der Waals surface area contributed by atoms with Gasteiger partial charge in [0.1, 0.15) is 0 Å². The van der Waals surface area contributed by atoms with E-state index in [0.29, 0.717) is 5.69 Å². The van der Waals surface area contributed by atoms with Gasteiger partial charge in [-0.2, -0.15) is 13.2 Å². The number of nitrogens with zero attached hydrogens (tertiary/aromatic N) is 1. The van der Waals surface area contributed by atoms with Gasteiger partial charge in [-0.1, -0.05) is 0 Å². The molecule has 124 valence electrons. The third kappa shape index (κ3) is 2.69. The number of methoxy groups -OCH3 is 1. The number of benzene rings is 1. The number of carbonyl (C=O) groups is 3. The molecule has 0 saturated heterocycles. The second-order valence-corrected chi connectivity index (χ2v) is 5.51. The minimum atomic E-state index is -5.01. The number of rotatable bonds is 3. The van der Waals surface area contributed by atoms with Gasteiger partial charge in [0.2, 0.25) is 5.91 Å². The summed E-state index contributed by atoms with van der Waals surface area (Å²) in [5.74, 6) is -3.12. The Morgan fingerprint density at radius 2 is 1.91 bits per heavy atom. The van der Waals surface area contributed by atoms with Crippen LogP contribution in [0.3, 0.4) is 0 Å². The van der Waals surface area contributed by atoms with Crippen molar-refractivity contribution in [3.05, 3.63) is 29.3 Å². The lowest BCUT2D eigenvalue weighted by Crippen LogP contribution is -2.38. The highest BCUT2D eigenvalue weighted by molar-refractivity contribution is 6.10. The van der Waals surface area contributed by atoms with E-state index in [9.17, 15) is 27.6 Å². The number of likely N-dealkylation sites (N-methyl/N-ethyl adjacent to an activating group) is 1. The maximum atomic E-state index is 12.6. The Morgan fingerprint density at radius 3 is 2.43 bits per heavy atom. The number of anilines is 1. The van der Waals surface area contributed by atoms with Gasteiger partial charge in [0.05, 0.1) is 18.9 Å². The lowest BCUT2D eigenvalue weighted by atomic mass is 9.80. The molecule has 1 aliphatic rings. The SMILES string of the molecule is COC(=O)CC1(C)C(=O)N(C)c2ccc(C(=O)C(F)(F)F)cc21. The van der Waals surface area contributed by atoms with Crippen molar-refractivity contribution in [1.29, 1.82) is 0 Å². The highest BCUT2D eigenvalue weighted by Gasteiger charge is 2.49. The van der Waals surface area contributed by atoms with Gasteiger partial charge in [-0.05, 0) is 30.7 Å². The molecule has 1 amide bonds. The zero-order valence-electron chi connectivity index (χ0n) is 12.7. The van der Waals surface area contributed by atoms with Crippen molar-refractivity contribution >= 4 is 23.3 Å². The Kier molecular flexibility index (Phi) is 3.96. The fourth-order valence-corrected chi connectivity index (χ4v) is 2.70. The van der Waals surface area contributed by atoms with Crippen LogP contribution in [0.5, 0.6) is 0 Å². The van der Waals surface area contributed by atoms with E-state index in [1.165, 1.54) is 24.9 Å². The molecule has 8 heteroatoms. The lowest BCUT2D eigenvalue weighted by molar-refractivity contribution is -0.144. The van der Waals surface area contributed by atoms with Crippen molar-refractivity contribution in [2.45, 2.75) is 24.9 Å². The van der Waals surface area contributed by atoms with Crippen LogP contribution in [-0.4, -0.2) is 38.0 Å². The number of halogens is 3. The van der Waals surface area contributed by atoms with Crippen LogP contribution in [0.25, 0.3) is 0 Å². The third-order valence-corrected chi connectivity index (χ3v) is 3.97. The van der Waals surface area contributed by atoms with Crippen LogP contribution in [0.1, 0.15) is 29.3 Å². The number of fused-ring (bicyclic) bond motifs is 1. The molecule has 1 aromatic rings. The first-order valence-electron chi connectivity index (χ1n) is 6.63. The predicted octanol–water partition coefficient (Wildman–Crippen LogP) is 2.23. The summed E-state index contributed by atoms with van der Waals surface area (Å²) in [5, 5.41) is 0. The molecule has 0 fully saturated rings. The number of hydrogen-bond acceptors (Lipinski definition) is 4. The Labute approximate surface area is 130 Å². The van der Waals surface area contributed by atoms with Gasteiger partial charge in [0.15, 0.2) is 0 Å². The first-order chi connectivity index (χ1) is 10.5. The number of ketones is 1. The van der Waals surface area contributed by atoms with Crippen molar-refractivity contribution in [3.63, 3.8) is 0 Å². The molecule has 1 aliphatic heterocycles. The summed E-state index contributed by atoms with van der Waals surface area (Å²) in [7, 11) is 2.61. The summed E-state index contributed by atoms with van der Waals surface area (Å²) >= 11 is 0. The molecule has 0 aliphatic carbocycles. The molecule has 0 saturated carbocycles. The van der Waals surface area contributed by atoms with Crippen molar-refractivity contribution < 1.29 is 32.3 Å². The first-order valence-corrected chi connectivity index (χ1v) is 6.63. The third-order valence-electron chi connectivity index (χ3n) is 3.97. The van der Waals surface area contributed by atoms with E-state index in [1.807, 2.05) is 0 Å². The Balaban J connectivity index is 2.56. The van der Waals surface area contributed by atoms with E-state index < -0.39 is 34.8 Å². The van der Waals surface area contributed by atoms with Crippen molar-refractivity contribution in [3.8, 4) is 0 Å². The second kappa shape index (κ2) is 5.36. The number of esters is 1. The number of Topliss-reactive ketones (excluding diaryl/α,β-unsaturated/α-hetero) is 1. The normalized spacial score (nSPS) is 20.4. The molecule has 0 spiro atoms. The largest absolute Gasteiger partial charge is 0.469 e.